The zero-order chi connectivity index (χ0) is 13.2. The molecule has 3 heteroatoms. The van der Waals surface area contributed by atoms with Crippen LogP contribution in [-0.2, 0) is 0 Å². The zero-order valence-electron chi connectivity index (χ0n) is 11.6. The van der Waals surface area contributed by atoms with Crippen LogP contribution in [0.4, 0.5) is 5.69 Å². The fourth-order valence-electron chi connectivity index (χ4n) is 2.91. The number of piperidine rings is 1. The van der Waals surface area contributed by atoms with E-state index in [1.165, 1.54) is 23.9 Å². The lowest BCUT2D eigenvalue weighted by atomic mass is 10.00. The predicted octanol–water partition coefficient (Wildman–Crippen LogP) is 3.10. The summed E-state index contributed by atoms with van der Waals surface area (Å²) >= 11 is 0. The Balaban J connectivity index is 1.91. The quantitative estimate of drug-likeness (QED) is 0.866. The van der Waals surface area contributed by atoms with Gasteiger partial charge in [-0.05, 0) is 45.4 Å². The molecule has 0 amide bonds. The average molecular weight is 255 g/mol. The third kappa shape index (κ3) is 2.71. The number of benzene rings is 1. The number of anilines is 1. The molecule has 3 nitrogen and oxygen atoms in total. The SMILES string of the molecule is Cc1cc(NC2CCNC(C)C2)c2ccccc2n1. The van der Waals surface area contributed by atoms with E-state index in [-0.39, 0.29) is 0 Å². The first kappa shape index (κ1) is 12.4. The molecule has 1 aromatic carbocycles. The Morgan fingerprint density at radius 1 is 1.32 bits per heavy atom. The maximum atomic E-state index is 4.59. The van der Waals surface area contributed by atoms with E-state index in [1.54, 1.807) is 0 Å². The molecule has 1 aliphatic rings. The van der Waals surface area contributed by atoms with Crippen molar-refractivity contribution < 1.29 is 0 Å². The van der Waals surface area contributed by atoms with Gasteiger partial charge in [-0.2, -0.15) is 0 Å². The maximum Gasteiger partial charge on any atom is 0.0725 e. The van der Waals surface area contributed by atoms with Crippen LogP contribution >= 0.6 is 0 Å². The Kier molecular flexibility index (Phi) is 3.38. The lowest BCUT2D eigenvalue weighted by molar-refractivity contribution is 0.396. The number of aryl methyl sites for hydroxylation is 1. The fourth-order valence-corrected chi connectivity index (χ4v) is 2.91. The van der Waals surface area contributed by atoms with Gasteiger partial charge in [-0.25, -0.2) is 0 Å². The second kappa shape index (κ2) is 5.17. The molecule has 2 unspecified atom stereocenters. The molecule has 2 atom stereocenters. The molecule has 1 fully saturated rings. The van der Waals surface area contributed by atoms with E-state index in [9.17, 15) is 0 Å². The molecular formula is C16H21N3. The molecule has 19 heavy (non-hydrogen) atoms. The molecule has 2 heterocycles. The van der Waals surface area contributed by atoms with Gasteiger partial charge in [-0.3, -0.25) is 4.98 Å². The third-order valence-electron chi connectivity index (χ3n) is 3.83. The number of pyridine rings is 1. The van der Waals surface area contributed by atoms with Crippen molar-refractivity contribution in [2.24, 2.45) is 0 Å². The number of hydrogen-bond donors (Lipinski definition) is 2. The second-order valence-corrected chi connectivity index (χ2v) is 5.55. The highest BCUT2D eigenvalue weighted by Crippen LogP contribution is 2.25. The zero-order valence-corrected chi connectivity index (χ0v) is 11.6. The molecule has 1 saturated heterocycles. The number of nitrogens with one attached hydrogen (secondary N) is 2. The number of nitrogens with zero attached hydrogens (tertiary/aromatic N) is 1. The van der Waals surface area contributed by atoms with E-state index in [4.69, 9.17) is 0 Å². The molecule has 0 bridgehead atoms. The van der Waals surface area contributed by atoms with Gasteiger partial charge in [0.1, 0.15) is 0 Å². The highest BCUT2D eigenvalue weighted by atomic mass is 15.0. The van der Waals surface area contributed by atoms with Crippen LogP contribution in [0.3, 0.4) is 0 Å². The van der Waals surface area contributed by atoms with Gasteiger partial charge in [-0.1, -0.05) is 18.2 Å². The smallest absolute Gasteiger partial charge is 0.0725 e. The molecule has 0 spiro atoms. The Morgan fingerprint density at radius 2 is 2.16 bits per heavy atom. The summed E-state index contributed by atoms with van der Waals surface area (Å²) in [5.41, 5.74) is 3.37. The summed E-state index contributed by atoms with van der Waals surface area (Å²) < 4.78 is 0. The molecule has 2 aromatic rings. The minimum absolute atomic E-state index is 0.557. The van der Waals surface area contributed by atoms with Gasteiger partial charge in [0.15, 0.2) is 0 Å². The molecule has 2 N–H and O–H groups in total. The Labute approximate surface area is 114 Å². The van der Waals surface area contributed by atoms with Gasteiger partial charge >= 0.3 is 0 Å². The summed E-state index contributed by atoms with van der Waals surface area (Å²) in [7, 11) is 0. The van der Waals surface area contributed by atoms with Gasteiger partial charge in [-0.15, -0.1) is 0 Å². The van der Waals surface area contributed by atoms with Crippen molar-refractivity contribution in [3.63, 3.8) is 0 Å². The van der Waals surface area contributed by atoms with Gasteiger partial charge < -0.3 is 10.6 Å². The third-order valence-corrected chi connectivity index (χ3v) is 3.83. The summed E-state index contributed by atoms with van der Waals surface area (Å²) in [4.78, 5) is 4.59. The normalized spacial score (nSPS) is 23.5. The van der Waals surface area contributed by atoms with Crippen molar-refractivity contribution >= 4 is 16.6 Å². The highest BCUT2D eigenvalue weighted by molar-refractivity contribution is 5.91. The monoisotopic (exact) mass is 255 g/mol. The van der Waals surface area contributed by atoms with Crippen LogP contribution in [-0.4, -0.2) is 23.6 Å². The van der Waals surface area contributed by atoms with E-state index in [2.05, 4.69) is 53.7 Å². The second-order valence-electron chi connectivity index (χ2n) is 5.55. The fraction of sp³-hybridized carbons (Fsp3) is 0.438. The van der Waals surface area contributed by atoms with E-state index >= 15 is 0 Å². The minimum atomic E-state index is 0.557. The van der Waals surface area contributed by atoms with Crippen molar-refractivity contribution in [3.8, 4) is 0 Å². The first-order valence-corrected chi connectivity index (χ1v) is 7.08. The topological polar surface area (TPSA) is 37.0 Å². The van der Waals surface area contributed by atoms with Crippen molar-refractivity contribution in [3.05, 3.63) is 36.0 Å². The first-order valence-electron chi connectivity index (χ1n) is 7.08. The summed E-state index contributed by atoms with van der Waals surface area (Å²) in [6, 6.07) is 11.7. The van der Waals surface area contributed by atoms with Crippen LogP contribution < -0.4 is 10.6 Å². The van der Waals surface area contributed by atoms with Gasteiger partial charge in [0.05, 0.1) is 5.52 Å². The summed E-state index contributed by atoms with van der Waals surface area (Å²) in [5, 5.41) is 8.43. The van der Waals surface area contributed by atoms with Gasteiger partial charge in [0, 0.05) is 28.9 Å². The minimum Gasteiger partial charge on any atom is -0.382 e. The van der Waals surface area contributed by atoms with E-state index < -0.39 is 0 Å². The number of fused-ring (bicyclic) bond motifs is 1. The summed E-state index contributed by atoms with van der Waals surface area (Å²) in [5.74, 6) is 0. The number of para-hydroxylation sites is 1. The molecule has 1 aliphatic heterocycles. The van der Waals surface area contributed by atoms with Crippen LogP contribution in [0.15, 0.2) is 30.3 Å². The van der Waals surface area contributed by atoms with Crippen LogP contribution in [0.2, 0.25) is 0 Å². The van der Waals surface area contributed by atoms with E-state index in [0.717, 1.165) is 17.8 Å². The Bertz CT molecular complexity index is 579. The summed E-state index contributed by atoms with van der Waals surface area (Å²) in [6.07, 6.45) is 2.36. The molecule has 0 radical (unpaired) electrons. The lowest BCUT2D eigenvalue weighted by Crippen LogP contribution is -2.41. The standard InChI is InChI=1S/C16H21N3/c1-11-9-13(7-8-17-11)19-16-10-12(2)18-15-6-4-3-5-14(15)16/h3-6,10-11,13,17H,7-9H2,1-2H3,(H,18,19). The van der Waals surface area contributed by atoms with Crippen molar-refractivity contribution in [2.45, 2.75) is 38.8 Å². The van der Waals surface area contributed by atoms with E-state index in [1.807, 2.05) is 6.07 Å². The van der Waals surface area contributed by atoms with Crippen LogP contribution in [0.5, 0.6) is 0 Å². The molecule has 3 rings (SSSR count). The molecule has 100 valence electrons. The highest BCUT2D eigenvalue weighted by Gasteiger charge is 2.18. The van der Waals surface area contributed by atoms with Crippen LogP contribution in [0, 0.1) is 6.92 Å². The van der Waals surface area contributed by atoms with Crippen molar-refractivity contribution in [2.75, 3.05) is 11.9 Å². The molecule has 0 aliphatic carbocycles. The van der Waals surface area contributed by atoms with E-state index in [0.29, 0.717) is 12.1 Å². The molecule has 1 aromatic heterocycles. The Hall–Kier alpha value is -1.61. The van der Waals surface area contributed by atoms with Crippen LogP contribution in [0.25, 0.3) is 10.9 Å². The maximum absolute atomic E-state index is 4.59. The Morgan fingerprint density at radius 3 is 3.00 bits per heavy atom. The lowest BCUT2D eigenvalue weighted by Gasteiger charge is -2.29. The van der Waals surface area contributed by atoms with Gasteiger partial charge in [0.25, 0.3) is 0 Å². The number of hydrogen-bond acceptors (Lipinski definition) is 3. The number of aromatic nitrogens is 1. The number of rotatable bonds is 2. The molecule has 0 saturated carbocycles. The first-order chi connectivity index (χ1) is 9.22. The summed E-state index contributed by atoms with van der Waals surface area (Å²) in [6.45, 7) is 5.41. The molecular weight excluding hydrogens is 234 g/mol. The van der Waals surface area contributed by atoms with Crippen molar-refractivity contribution in [1.29, 1.82) is 0 Å². The van der Waals surface area contributed by atoms with Crippen molar-refractivity contribution in [1.82, 2.24) is 10.3 Å². The predicted molar refractivity (Wildman–Crippen MR) is 80.6 cm³/mol. The van der Waals surface area contributed by atoms with Crippen LogP contribution in [0.1, 0.15) is 25.5 Å². The largest absolute Gasteiger partial charge is 0.382 e. The van der Waals surface area contributed by atoms with Gasteiger partial charge in [0.2, 0.25) is 0 Å². The average Bonchev–Trinajstić information content (AvgIpc) is 2.38.